The van der Waals surface area contributed by atoms with Gasteiger partial charge in [-0.15, -0.1) is 0 Å². The highest BCUT2D eigenvalue weighted by atomic mass is 32.2. The number of sulfonamides is 1. The van der Waals surface area contributed by atoms with E-state index >= 15 is 0 Å². The third kappa shape index (κ3) is 4.37. The van der Waals surface area contributed by atoms with Crippen LogP contribution < -0.4 is 10.0 Å². The molecule has 1 unspecified atom stereocenters. The van der Waals surface area contributed by atoms with Crippen LogP contribution in [0.3, 0.4) is 0 Å². The van der Waals surface area contributed by atoms with E-state index in [-0.39, 0.29) is 33.8 Å². The number of aliphatic hydroxyl groups excluding tert-OH is 1. The summed E-state index contributed by atoms with van der Waals surface area (Å²) in [5, 5.41) is 27.6. The molecule has 0 saturated carbocycles. The summed E-state index contributed by atoms with van der Waals surface area (Å²) in [5.74, 6) is -0.737. The number of aliphatic hydroxyl groups is 2. The molecule has 0 radical (unpaired) electrons. The molecule has 4 rings (SSSR count). The number of nitrogens with two attached hydrogens (primary N) is 1. The van der Waals surface area contributed by atoms with Gasteiger partial charge in [0.1, 0.15) is 10.7 Å². The highest BCUT2D eigenvalue weighted by Gasteiger charge is 2.26. The van der Waals surface area contributed by atoms with Gasteiger partial charge in [-0.05, 0) is 50.5 Å². The SMILES string of the molecule is CC1CCCCN1c1ccc(-c2nc(-c3ccc(C(O)O)c(F)c3)no2)cc1S(N)(=O)=O. The third-order valence-corrected chi connectivity index (χ3v) is 6.53. The van der Waals surface area contributed by atoms with E-state index in [0.29, 0.717) is 11.3 Å². The fraction of sp³-hybridized carbons (Fsp3) is 0.333. The number of anilines is 1. The van der Waals surface area contributed by atoms with Crippen LogP contribution in [0.1, 0.15) is 38.0 Å². The van der Waals surface area contributed by atoms with Gasteiger partial charge in [0.05, 0.1) is 5.69 Å². The van der Waals surface area contributed by atoms with Gasteiger partial charge < -0.3 is 19.6 Å². The van der Waals surface area contributed by atoms with Gasteiger partial charge in [-0.25, -0.2) is 17.9 Å². The van der Waals surface area contributed by atoms with E-state index in [2.05, 4.69) is 10.1 Å². The fourth-order valence-electron chi connectivity index (χ4n) is 3.90. The summed E-state index contributed by atoms with van der Waals surface area (Å²) in [5.41, 5.74) is 0.859. The monoisotopic (exact) mass is 462 g/mol. The lowest BCUT2D eigenvalue weighted by Gasteiger charge is -2.36. The second-order valence-electron chi connectivity index (χ2n) is 7.80. The van der Waals surface area contributed by atoms with Crippen molar-refractivity contribution >= 4 is 15.7 Å². The molecule has 3 aromatic rings. The summed E-state index contributed by atoms with van der Waals surface area (Å²) in [7, 11) is -4.03. The van der Waals surface area contributed by atoms with E-state index in [1.165, 1.54) is 18.2 Å². The largest absolute Gasteiger partial charge is 0.368 e. The normalized spacial score (nSPS) is 17.2. The molecule has 1 aliphatic heterocycles. The standard InChI is InChI=1S/C21H23FN4O5S/c1-12-4-2-3-9-26(12)17-8-6-14(11-18(17)32(23,29)30)20-24-19(25-31-20)13-5-7-15(21(27)28)16(22)10-13/h5-8,10-12,21,27-28H,2-4,9H2,1H3,(H2,23,29,30). The molecular formula is C21H23FN4O5S. The van der Waals surface area contributed by atoms with Crippen molar-refractivity contribution in [2.45, 2.75) is 43.4 Å². The average molecular weight is 463 g/mol. The zero-order valence-electron chi connectivity index (χ0n) is 17.3. The van der Waals surface area contributed by atoms with Crippen LogP contribution in [0.2, 0.25) is 0 Å². The molecule has 0 aliphatic carbocycles. The van der Waals surface area contributed by atoms with Gasteiger partial charge in [0.25, 0.3) is 5.89 Å². The van der Waals surface area contributed by atoms with Crippen molar-refractivity contribution in [1.29, 1.82) is 0 Å². The summed E-state index contributed by atoms with van der Waals surface area (Å²) in [4.78, 5) is 6.23. The van der Waals surface area contributed by atoms with Crippen molar-refractivity contribution in [3.05, 3.63) is 47.8 Å². The highest BCUT2D eigenvalue weighted by molar-refractivity contribution is 7.89. The minimum atomic E-state index is -4.03. The number of hydrogen-bond acceptors (Lipinski definition) is 8. The Labute approximate surface area is 184 Å². The number of hydrogen-bond donors (Lipinski definition) is 3. The van der Waals surface area contributed by atoms with Crippen molar-refractivity contribution in [2.75, 3.05) is 11.4 Å². The van der Waals surface area contributed by atoms with Gasteiger partial charge in [-0.1, -0.05) is 17.3 Å². The maximum Gasteiger partial charge on any atom is 0.258 e. The Balaban J connectivity index is 1.71. The second kappa shape index (κ2) is 8.58. The summed E-state index contributed by atoms with van der Waals surface area (Å²) in [6.45, 7) is 2.78. The number of primary sulfonamides is 1. The number of benzene rings is 2. The van der Waals surface area contributed by atoms with Gasteiger partial charge in [-0.2, -0.15) is 4.98 Å². The molecule has 1 atom stereocenters. The van der Waals surface area contributed by atoms with Gasteiger partial charge in [0, 0.05) is 29.3 Å². The second-order valence-corrected chi connectivity index (χ2v) is 9.33. The predicted octanol–water partition coefficient (Wildman–Crippen LogP) is 2.55. The zero-order chi connectivity index (χ0) is 23.0. The third-order valence-electron chi connectivity index (χ3n) is 5.59. The first-order chi connectivity index (χ1) is 15.1. The molecule has 32 heavy (non-hydrogen) atoms. The number of aromatic nitrogens is 2. The Morgan fingerprint density at radius 2 is 1.94 bits per heavy atom. The van der Waals surface area contributed by atoms with Gasteiger partial charge in [0.15, 0.2) is 6.29 Å². The molecule has 2 aromatic carbocycles. The molecule has 0 amide bonds. The first kappa shape index (κ1) is 22.3. The van der Waals surface area contributed by atoms with Crippen molar-refractivity contribution in [1.82, 2.24) is 10.1 Å². The maximum absolute atomic E-state index is 14.1. The van der Waals surface area contributed by atoms with Gasteiger partial charge >= 0.3 is 0 Å². The molecule has 0 spiro atoms. The molecule has 1 saturated heterocycles. The summed E-state index contributed by atoms with van der Waals surface area (Å²) < 4.78 is 44.0. The maximum atomic E-state index is 14.1. The molecule has 9 nitrogen and oxygen atoms in total. The van der Waals surface area contributed by atoms with E-state index in [4.69, 9.17) is 19.9 Å². The van der Waals surface area contributed by atoms with Crippen LogP contribution in [0, 0.1) is 5.82 Å². The Morgan fingerprint density at radius 1 is 1.19 bits per heavy atom. The summed E-state index contributed by atoms with van der Waals surface area (Å²) >= 11 is 0. The Bertz CT molecular complexity index is 1240. The molecule has 170 valence electrons. The van der Waals surface area contributed by atoms with Crippen LogP contribution in [0.25, 0.3) is 22.8 Å². The Hall–Kier alpha value is -2.86. The van der Waals surface area contributed by atoms with E-state index in [1.807, 2.05) is 11.8 Å². The average Bonchev–Trinajstić information content (AvgIpc) is 3.23. The van der Waals surface area contributed by atoms with Crippen molar-refractivity contribution < 1.29 is 27.5 Å². The molecule has 2 heterocycles. The number of piperidine rings is 1. The van der Waals surface area contributed by atoms with Crippen molar-refractivity contribution in [3.8, 4) is 22.8 Å². The number of nitrogens with zero attached hydrogens (tertiary/aromatic N) is 3. The van der Waals surface area contributed by atoms with Crippen molar-refractivity contribution in [3.63, 3.8) is 0 Å². The number of rotatable bonds is 5. The zero-order valence-corrected chi connectivity index (χ0v) is 18.1. The molecule has 4 N–H and O–H groups in total. The van der Waals surface area contributed by atoms with Crippen LogP contribution in [-0.2, 0) is 10.0 Å². The smallest absolute Gasteiger partial charge is 0.258 e. The van der Waals surface area contributed by atoms with Crippen LogP contribution in [-0.4, -0.2) is 41.4 Å². The Morgan fingerprint density at radius 3 is 2.59 bits per heavy atom. The minimum Gasteiger partial charge on any atom is -0.368 e. The first-order valence-corrected chi connectivity index (χ1v) is 11.6. The van der Waals surface area contributed by atoms with E-state index < -0.39 is 22.1 Å². The molecule has 11 heteroatoms. The highest BCUT2D eigenvalue weighted by Crippen LogP contribution is 2.34. The van der Waals surface area contributed by atoms with Crippen molar-refractivity contribution in [2.24, 2.45) is 5.14 Å². The van der Waals surface area contributed by atoms with Crippen LogP contribution >= 0.6 is 0 Å². The predicted molar refractivity (Wildman–Crippen MR) is 114 cm³/mol. The van der Waals surface area contributed by atoms with Crippen LogP contribution in [0.5, 0.6) is 0 Å². The minimum absolute atomic E-state index is 0.0316. The van der Waals surface area contributed by atoms with Crippen LogP contribution in [0.4, 0.5) is 10.1 Å². The summed E-state index contributed by atoms with van der Waals surface area (Å²) in [6, 6.07) is 8.62. The van der Waals surface area contributed by atoms with Gasteiger partial charge in [-0.3, -0.25) is 0 Å². The molecule has 1 aromatic heterocycles. The molecule has 1 fully saturated rings. The first-order valence-electron chi connectivity index (χ1n) is 10.1. The molecule has 0 bridgehead atoms. The molecular weight excluding hydrogens is 439 g/mol. The quantitative estimate of drug-likeness (QED) is 0.491. The van der Waals surface area contributed by atoms with Crippen LogP contribution in [0.15, 0.2) is 45.8 Å². The van der Waals surface area contributed by atoms with Gasteiger partial charge in [0.2, 0.25) is 15.8 Å². The fourth-order valence-corrected chi connectivity index (χ4v) is 4.67. The topological polar surface area (TPSA) is 143 Å². The van der Waals surface area contributed by atoms with E-state index in [9.17, 15) is 12.8 Å². The number of halogens is 1. The van der Waals surface area contributed by atoms with E-state index in [1.54, 1.807) is 12.1 Å². The lowest BCUT2D eigenvalue weighted by molar-refractivity contribution is -0.0449. The summed E-state index contributed by atoms with van der Waals surface area (Å²) in [6.07, 6.45) is 1.07. The lowest BCUT2D eigenvalue weighted by Crippen LogP contribution is -2.38. The molecule has 1 aliphatic rings. The lowest BCUT2D eigenvalue weighted by atomic mass is 10.0. The Kier molecular flexibility index (Phi) is 5.99. The van der Waals surface area contributed by atoms with E-state index in [0.717, 1.165) is 31.9 Å².